The van der Waals surface area contributed by atoms with Crippen LogP contribution in [-0.4, -0.2) is 51.3 Å². The van der Waals surface area contributed by atoms with Crippen molar-refractivity contribution in [3.63, 3.8) is 0 Å². The van der Waals surface area contributed by atoms with Crippen LogP contribution in [0.5, 0.6) is 0 Å². The molecule has 4 heterocycles. The number of imidazole rings is 1. The molecule has 0 atom stereocenters. The number of pyridine rings is 1. The Hall–Kier alpha value is -3.48. The molecular weight excluding hydrogens is 440 g/mol. The molecule has 170 valence electrons. The summed E-state index contributed by atoms with van der Waals surface area (Å²) in [7, 11) is 0. The molecule has 5 nitrogen and oxygen atoms in total. The highest BCUT2D eigenvalue weighted by Crippen LogP contribution is 2.34. The number of amides is 1. The van der Waals surface area contributed by atoms with E-state index in [0.717, 1.165) is 49.6 Å². The minimum atomic E-state index is 0.160. The number of carbonyl (C=O) groups is 1. The van der Waals surface area contributed by atoms with Crippen molar-refractivity contribution in [2.45, 2.75) is 13.5 Å². The average Bonchev–Trinajstić information content (AvgIpc) is 3.46. The molecule has 1 saturated heterocycles. The molecule has 0 spiro atoms. The topological polar surface area (TPSA) is 40.9 Å². The number of carbonyl (C=O) groups excluding carboxylic acids is 1. The lowest BCUT2D eigenvalue weighted by atomic mass is 10.1. The van der Waals surface area contributed by atoms with Crippen molar-refractivity contribution in [3.8, 4) is 21.7 Å². The van der Waals surface area contributed by atoms with Crippen LogP contribution in [-0.2, 0) is 11.3 Å². The van der Waals surface area contributed by atoms with Gasteiger partial charge in [-0.05, 0) is 29.7 Å². The van der Waals surface area contributed by atoms with Gasteiger partial charge in [-0.1, -0.05) is 48.5 Å². The minimum absolute atomic E-state index is 0.160. The standard InChI is InChI=1S/C28H26N4OS/c1-20(33)31-15-13-30(14-16-31)19-24-28(21-7-3-2-4-8-21)29-27-12-11-23(18-32(24)27)26-17-22-9-5-6-10-25(22)34-26/h2-12,17-18H,13-16,19H2,1H3. The van der Waals surface area contributed by atoms with E-state index in [0.29, 0.717) is 0 Å². The number of benzene rings is 2. The molecule has 0 radical (unpaired) electrons. The van der Waals surface area contributed by atoms with E-state index in [1.807, 2.05) is 22.3 Å². The van der Waals surface area contributed by atoms with Crippen molar-refractivity contribution in [2.75, 3.05) is 26.2 Å². The molecule has 0 aliphatic carbocycles. The van der Waals surface area contributed by atoms with Gasteiger partial charge >= 0.3 is 0 Å². The molecule has 3 aromatic heterocycles. The normalized spacial score (nSPS) is 14.8. The van der Waals surface area contributed by atoms with E-state index in [9.17, 15) is 4.79 Å². The first kappa shape index (κ1) is 21.1. The Kier molecular flexibility index (Phi) is 5.40. The predicted molar refractivity (Wildman–Crippen MR) is 139 cm³/mol. The van der Waals surface area contributed by atoms with Crippen LogP contribution in [0.15, 0.2) is 79.0 Å². The highest BCUT2D eigenvalue weighted by molar-refractivity contribution is 7.22. The highest BCUT2D eigenvalue weighted by Gasteiger charge is 2.22. The fraction of sp³-hybridized carbons (Fsp3) is 0.214. The largest absolute Gasteiger partial charge is 0.340 e. The molecule has 34 heavy (non-hydrogen) atoms. The Bertz CT molecular complexity index is 1450. The zero-order valence-corrected chi connectivity index (χ0v) is 20.0. The summed E-state index contributed by atoms with van der Waals surface area (Å²) in [4.78, 5) is 22.4. The van der Waals surface area contributed by atoms with Gasteiger partial charge in [0.05, 0.1) is 11.4 Å². The minimum Gasteiger partial charge on any atom is -0.340 e. The van der Waals surface area contributed by atoms with Gasteiger partial charge in [-0.3, -0.25) is 9.69 Å². The number of fused-ring (bicyclic) bond motifs is 2. The number of hydrogen-bond donors (Lipinski definition) is 0. The monoisotopic (exact) mass is 466 g/mol. The first-order valence-corrected chi connectivity index (χ1v) is 12.5. The van der Waals surface area contributed by atoms with Crippen molar-refractivity contribution < 1.29 is 4.79 Å². The smallest absolute Gasteiger partial charge is 0.219 e. The Morgan fingerprint density at radius 2 is 1.68 bits per heavy atom. The summed E-state index contributed by atoms with van der Waals surface area (Å²) in [6.45, 7) is 5.75. The van der Waals surface area contributed by atoms with Crippen molar-refractivity contribution in [2.24, 2.45) is 0 Å². The third kappa shape index (κ3) is 3.89. The summed E-state index contributed by atoms with van der Waals surface area (Å²) in [5.74, 6) is 0.160. The first-order chi connectivity index (χ1) is 16.7. The quantitative estimate of drug-likeness (QED) is 0.349. The molecule has 0 N–H and O–H groups in total. The first-order valence-electron chi connectivity index (χ1n) is 11.7. The molecule has 2 aromatic carbocycles. The van der Waals surface area contributed by atoms with Gasteiger partial charge in [-0.2, -0.15) is 0 Å². The van der Waals surface area contributed by atoms with E-state index in [-0.39, 0.29) is 5.91 Å². The second-order valence-electron chi connectivity index (χ2n) is 8.85. The molecule has 6 heteroatoms. The van der Waals surface area contributed by atoms with Crippen LogP contribution < -0.4 is 0 Å². The molecule has 0 bridgehead atoms. The van der Waals surface area contributed by atoms with Crippen LogP contribution in [0.3, 0.4) is 0 Å². The molecule has 6 rings (SSSR count). The lowest BCUT2D eigenvalue weighted by molar-refractivity contribution is -0.130. The highest BCUT2D eigenvalue weighted by atomic mass is 32.1. The zero-order valence-electron chi connectivity index (χ0n) is 19.1. The van der Waals surface area contributed by atoms with E-state index in [4.69, 9.17) is 4.98 Å². The van der Waals surface area contributed by atoms with Gasteiger partial charge in [-0.15, -0.1) is 11.3 Å². The van der Waals surface area contributed by atoms with Gasteiger partial charge in [0.2, 0.25) is 5.91 Å². The average molecular weight is 467 g/mol. The van der Waals surface area contributed by atoms with Gasteiger partial charge in [0, 0.05) is 66.5 Å². The summed E-state index contributed by atoms with van der Waals surface area (Å²) >= 11 is 1.82. The van der Waals surface area contributed by atoms with Crippen molar-refractivity contribution >= 4 is 33.0 Å². The molecule has 5 aromatic rings. The number of aromatic nitrogens is 2. The Morgan fingerprint density at radius 3 is 2.44 bits per heavy atom. The van der Waals surface area contributed by atoms with E-state index in [1.165, 1.54) is 26.2 Å². The Morgan fingerprint density at radius 1 is 0.912 bits per heavy atom. The Labute approximate surface area is 202 Å². The van der Waals surface area contributed by atoms with Crippen LogP contribution >= 0.6 is 11.3 Å². The molecule has 1 aliphatic rings. The van der Waals surface area contributed by atoms with Crippen molar-refractivity contribution in [1.29, 1.82) is 0 Å². The lowest BCUT2D eigenvalue weighted by Gasteiger charge is -2.34. The molecule has 1 amide bonds. The summed E-state index contributed by atoms with van der Waals surface area (Å²) in [5, 5.41) is 1.28. The van der Waals surface area contributed by atoms with Crippen LogP contribution in [0.2, 0.25) is 0 Å². The third-order valence-corrected chi connectivity index (χ3v) is 7.83. The van der Waals surface area contributed by atoms with Crippen molar-refractivity contribution in [1.82, 2.24) is 19.2 Å². The summed E-state index contributed by atoms with van der Waals surface area (Å²) in [5.41, 5.74) is 5.52. The molecule has 1 aliphatic heterocycles. The van der Waals surface area contributed by atoms with Crippen LogP contribution in [0.4, 0.5) is 0 Å². The van der Waals surface area contributed by atoms with E-state index >= 15 is 0 Å². The van der Waals surface area contributed by atoms with E-state index in [2.05, 4.69) is 82.2 Å². The van der Waals surface area contributed by atoms with Crippen molar-refractivity contribution in [3.05, 3.63) is 84.7 Å². The van der Waals surface area contributed by atoms with E-state index < -0.39 is 0 Å². The number of piperazine rings is 1. The SMILES string of the molecule is CC(=O)N1CCN(Cc2c(-c3ccccc3)nc3ccc(-c4cc5ccccc5s4)cn23)CC1. The molecule has 1 fully saturated rings. The second-order valence-corrected chi connectivity index (χ2v) is 9.93. The van der Waals surface area contributed by atoms with Gasteiger partial charge in [-0.25, -0.2) is 4.98 Å². The third-order valence-electron chi connectivity index (χ3n) is 6.67. The molecule has 0 saturated carbocycles. The number of thiophene rings is 1. The van der Waals surface area contributed by atoms with Gasteiger partial charge in [0.25, 0.3) is 0 Å². The van der Waals surface area contributed by atoms with Gasteiger partial charge in [0.1, 0.15) is 5.65 Å². The predicted octanol–water partition coefficient (Wildman–Crippen LogP) is 5.55. The van der Waals surface area contributed by atoms with Crippen LogP contribution in [0, 0.1) is 0 Å². The van der Waals surface area contributed by atoms with E-state index in [1.54, 1.807) is 6.92 Å². The summed E-state index contributed by atoms with van der Waals surface area (Å²) in [6.07, 6.45) is 2.24. The zero-order chi connectivity index (χ0) is 23.1. The van der Waals surface area contributed by atoms with Crippen LogP contribution in [0.25, 0.3) is 37.4 Å². The van der Waals surface area contributed by atoms with Gasteiger partial charge in [0.15, 0.2) is 0 Å². The maximum absolute atomic E-state index is 11.8. The second kappa shape index (κ2) is 8.70. The fourth-order valence-electron chi connectivity index (χ4n) is 4.77. The van der Waals surface area contributed by atoms with Gasteiger partial charge < -0.3 is 9.30 Å². The Balaban J connectivity index is 1.42. The fourth-order valence-corrected chi connectivity index (χ4v) is 5.83. The maximum Gasteiger partial charge on any atom is 0.219 e. The number of nitrogens with zero attached hydrogens (tertiary/aromatic N) is 4. The molecule has 0 unspecified atom stereocenters. The summed E-state index contributed by atoms with van der Waals surface area (Å²) < 4.78 is 3.57. The lowest BCUT2D eigenvalue weighted by Crippen LogP contribution is -2.47. The maximum atomic E-state index is 11.8. The number of rotatable bonds is 4. The van der Waals surface area contributed by atoms with Crippen LogP contribution in [0.1, 0.15) is 12.6 Å². The number of hydrogen-bond acceptors (Lipinski definition) is 4. The molecular formula is C28H26N4OS. The summed E-state index contributed by atoms with van der Waals surface area (Å²) in [6, 6.07) is 25.6.